The second-order valence-electron chi connectivity index (χ2n) is 6.51. The quantitative estimate of drug-likeness (QED) is 0.902. The van der Waals surface area contributed by atoms with Crippen LogP contribution in [-0.4, -0.2) is 18.1 Å². The average Bonchev–Trinajstić information content (AvgIpc) is 3.10. The maximum absolute atomic E-state index is 12.3. The van der Waals surface area contributed by atoms with Gasteiger partial charge in [0.1, 0.15) is 5.75 Å². The standard InChI is InChI=1S/C18H25NO2/c1-3-14-6-4-5-7-17(14)21-12(2)18(20)19-16-11-13-8-9-15(16)10-13/h4-7,12-13,15-16H,3,8-11H2,1-2H3,(H,19,20)/t12-,13-,15-,16+/m1/s1. The van der Waals surface area contributed by atoms with Crippen molar-refractivity contribution in [2.45, 2.75) is 58.1 Å². The van der Waals surface area contributed by atoms with E-state index < -0.39 is 6.10 Å². The summed E-state index contributed by atoms with van der Waals surface area (Å²) in [5.41, 5.74) is 1.15. The zero-order valence-corrected chi connectivity index (χ0v) is 13.0. The van der Waals surface area contributed by atoms with E-state index in [2.05, 4.69) is 18.3 Å². The molecule has 2 aliphatic rings. The highest BCUT2D eigenvalue weighted by Crippen LogP contribution is 2.44. The highest BCUT2D eigenvalue weighted by atomic mass is 16.5. The third-order valence-corrected chi connectivity index (χ3v) is 5.09. The van der Waals surface area contributed by atoms with Crippen molar-refractivity contribution in [1.29, 1.82) is 0 Å². The molecule has 2 saturated carbocycles. The van der Waals surface area contributed by atoms with Crippen LogP contribution in [0.25, 0.3) is 0 Å². The summed E-state index contributed by atoms with van der Waals surface area (Å²) in [6.07, 6.45) is 5.58. The molecule has 0 aromatic heterocycles. The van der Waals surface area contributed by atoms with Gasteiger partial charge in [-0.2, -0.15) is 0 Å². The molecular formula is C18H25NO2. The Kier molecular flexibility index (Phi) is 4.18. The lowest BCUT2D eigenvalue weighted by molar-refractivity contribution is -0.128. The molecule has 0 saturated heterocycles. The van der Waals surface area contributed by atoms with E-state index in [-0.39, 0.29) is 5.91 Å². The summed E-state index contributed by atoms with van der Waals surface area (Å²) in [4.78, 5) is 12.3. The maximum atomic E-state index is 12.3. The van der Waals surface area contributed by atoms with E-state index in [9.17, 15) is 4.79 Å². The van der Waals surface area contributed by atoms with Gasteiger partial charge in [0.25, 0.3) is 5.91 Å². The van der Waals surface area contributed by atoms with Crippen LogP contribution in [0.3, 0.4) is 0 Å². The minimum Gasteiger partial charge on any atom is -0.481 e. The van der Waals surface area contributed by atoms with Gasteiger partial charge in [-0.25, -0.2) is 0 Å². The van der Waals surface area contributed by atoms with E-state index in [1.165, 1.54) is 19.3 Å². The number of rotatable bonds is 5. The molecule has 0 radical (unpaired) electrons. The lowest BCUT2D eigenvalue weighted by atomic mass is 9.95. The Hall–Kier alpha value is -1.51. The van der Waals surface area contributed by atoms with Crippen LogP contribution in [0, 0.1) is 11.8 Å². The van der Waals surface area contributed by atoms with Crippen molar-refractivity contribution in [3.63, 3.8) is 0 Å². The number of aryl methyl sites for hydroxylation is 1. The Morgan fingerprint density at radius 1 is 1.33 bits per heavy atom. The molecule has 2 aliphatic carbocycles. The smallest absolute Gasteiger partial charge is 0.261 e. The Morgan fingerprint density at radius 3 is 2.81 bits per heavy atom. The van der Waals surface area contributed by atoms with E-state index >= 15 is 0 Å². The van der Waals surface area contributed by atoms with E-state index in [1.54, 1.807) is 0 Å². The van der Waals surface area contributed by atoms with Gasteiger partial charge in [0.15, 0.2) is 6.10 Å². The molecule has 1 amide bonds. The van der Waals surface area contributed by atoms with Crippen LogP contribution < -0.4 is 10.1 Å². The van der Waals surface area contributed by atoms with Gasteiger partial charge in [-0.05, 0) is 56.1 Å². The number of ether oxygens (including phenoxy) is 1. The molecule has 1 aromatic rings. The van der Waals surface area contributed by atoms with E-state index in [0.717, 1.165) is 30.1 Å². The largest absolute Gasteiger partial charge is 0.481 e. The average molecular weight is 287 g/mol. The summed E-state index contributed by atoms with van der Waals surface area (Å²) in [5, 5.41) is 3.20. The number of carbonyl (C=O) groups excluding carboxylic acids is 1. The zero-order valence-electron chi connectivity index (χ0n) is 13.0. The monoisotopic (exact) mass is 287 g/mol. The first-order chi connectivity index (χ1) is 10.2. The first-order valence-electron chi connectivity index (χ1n) is 8.22. The molecule has 21 heavy (non-hydrogen) atoms. The van der Waals surface area contributed by atoms with Gasteiger partial charge in [-0.3, -0.25) is 4.79 Å². The lowest BCUT2D eigenvalue weighted by Gasteiger charge is -2.25. The Bertz CT molecular complexity index is 514. The van der Waals surface area contributed by atoms with Crippen LogP contribution in [0.2, 0.25) is 0 Å². The SMILES string of the molecule is CCc1ccccc1O[C@H](C)C(=O)N[C@H]1C[C@@H]2CC[C@@H]1C2. The van der Waals surface area contributed by atoms with Crippen LogP contribution in [0.4, 0.5) is 0 Å². The Labute approximate surface area is 127 Å². The van der Waals surface area contributed by atoms with Gasteiger partial charge in [-0.15, -0.1) is 0 Å². The van der Waals surface area contributed by atoms with Crippen LogP contribution in [0.1, 0.15) is 45.1 Å². The van der Waals surface area contributed by atoms with Crippen LogP contribution >= 0.6 is 0 Å². The van der Waals surface area contributed by atoms with Crippen molar-refractivity contribution in [3.05, 3.63) is 29.8 Å². The molecule has 0 heterocycles. The fourth-order valence-electron chi connectivity index (χ4n) is 3.88. The van der Waals surface area contributed by atoms with E-state index in [1.807, 2.05) is 25.1 Å². The minimum absolute atomic E-state index is 0.0263. The third-order valence-electron chi connectivity index (χ3n) is 5.09. The van der Waals surface area contributed by atoms with E-state index in [0.29, 0.717) is 12.0 Å². The Balaban J connectivity index is 1.57. The predicted octanol–water partition coefficient (Wildman–Crippen LogP) is 3.32. The van der Waals surface area contributed by atoms with Crippen LogP contribution in [0.15, 0.2) is 24.3 Å². The zero-order chi connectivity index (χ0) is 14.8. The summed E-state index contributed by atoms with van der Waals surface area (Å²) in [7, 11) is 0. The number of carbonyl (C=O) groups is 1. The first kappa shape index (κ1) is 14.4. The molecule has 2 fully saturated rings. The third kappa shape index (κ3) is 3.07. The van der Waals surface area contributed by atoms with Crippen LogP contribution in [0.5, 0.6) is 5.75 Å². The molecule has 1 N–H and O–H groups in total. The first-order valence-corrected chi connectivity index (χ1v) is 8.22. The number of nitrogens with one attached hydrogen (secondary N) is 1. The molecule has 3 heteroatoms. The fourth-order valence-corrected chi connectivity index (χ4v) is 3.88. The van der Waals surface area contributed by atoms with Gasteiger partial charge in [-0.1, -0.05) is 31.5 Å². The molecular weight excluding hydrogens is 262 g/mol. The maximum Gasteiger partial charge on any atom is 0.261 e. The van der Waals surface area contributed by atoms with Gasteiger partial charge in [0, 0.05) is 6.04 Å². The highest BCUT2D eigenvalue weighted by Gasteiger charge is 2.40. The highest BCUT2D eigenvalue weighted by molar-refractivity contribution is 5.81. The van der Waals surface area contributed by atoms with Crippen molar-refractivity contribution in [2.24, 2.45) is 11.8 Å². The number of hydrogen-bond donors (Lipinski definition) is 1. The second-order valence-corrected chi connectivity index (χ2v) is 6.51. The number of amides is 1. The normalized spacial score (nSPS) is 28.4. The molecule has 4 atom stereocenters. The number of benzene rings is 1. The second kappa shape index (κ2) is 6.08. The van der Waals surface area contributed by atoms with Gasteiger partial charge < -0.3 is 10.1 Å². The number of hydrogen-bond acceptors (Lipinski definition) is 2. The van der Waals surface area contributed by atoms with Gasteiger partial charge in [0.05, 0.1) is 0 Å². The summed E-state index contributed by atoms with van der Waals surface area (Å²) >= 11 is 0. The summed E-state index contributed by atoms with van der Waals surface area (Å²) in [6.45, 7) is 3.94. The summed E-state index contributed by atoms with van der Waals surface area (Å²) < 4.78 is 5.88. The summed E-state index contributed by atoms with van der Waals surface area (Å²) in [6, 6.07) is 8.33. The van der Waals surface area contributed by atoms with Gasteiger partial charge >= 0.3 is 0 Å². The minimum atomic E-state index is -0.433. The lowest BCUT2D eigenvalue weighted by Crippen LogP contribution is -2.44. The van der Waals surface area contributed by atoms with Crippen molar-refractivity contribution in [1.82, 2.24) is 5.32 Å². The molecule has 2 bridgehead atoms. The molecule has 0 spiro atoms. The topological polar surface area (TPSA) is 38.3 Å². The Morgan fingerprint density at radius 2 is 2.14 bits per heavy atom. The summed E-state index contributed by atoms with van der Waals surface area (Å²) in [5.74, 6) is 2.40. The van der Waals surface area contributed by atoms with Crippen LogP contribution in [-0.2, 0) is 11.2 Å². The fraction of sp³-hybridized carbons (Fsp3) is 0.611. The van der Waals surface area contributed by atoms with Crippen molar-refractivity contribution >= 4 is 5.91 Å². The van der Waals surface area contributed by atoms with Crippen molar-refractivity contribution < 1.29 is 9.53 Å². The van der Waals surface area contributed by atoms with Crippen molar-refractivity contribution in [3.8, 4) is 5.75 Å². The van der Waals surface area contributed by atoms with Crippen molar-refractivity contribution in [2.75, 3.05) is 0 Å². The molecule has 114 valence electrons. The molecule has 0 unspecified atom stereocenters. The molecule has 0 aliphatic heterocycles. The van der Waals surface area contributed by atoms with Gasteiger partial charge in [0.2, 0.25) is 0 Å². The number of para-hydroxylation sites is 1. The molecule has 3 rings (SSSR count). The number of fused-ring (bicyclic) bond motifs is 2. The molecule has 1 aromatic carbocycles. The van der Waals surface area contributed by atoms with E-state index in [4.69, 9.17) is 4.74 Å². The predicted molar refractivity (Wildman–Crippen MR) is 83.3 cm³/mol. The molecule has 3 nitrogen and oxygen atoms in total.